The zero-order valence-corrected chi connectivity index (χ0v) is 17.7. The number of rotatable bonds is 8. The summed E-state index contributed by atoms with van der Waals surface area (Å²) in [6.45, 7) is 4.01. The van der Waals surface area contributed by atoms with Crippen molar-refractivity contribution >= 4 is 17.5 Å². The molecule has 2 aromatic rings. The summed E-state index contributed by atoms with van der Waals surface area (Å²) in [5, 5.41) is 12.7. The average molecular weight is 425 g/mol. The number of hydrogen-bond donors (Lipinski definition) is 1. The first-order valence-corrected chi connectivity index (χ1v) is 10.6. The molecule has 1 aliphatic heterocycles. The number of nitrogens with zero attached hydrogens (tertiary/aromatic N) is 3. The van der Waals surface area contributed by atoms with Crippen molar-refractivity contribution in [3.63, 3.8) is 0 Å². The lowest BCUT2D eigenvalue weighted by Crippen LogP contribution is -2.55. The number of amides is 2. The van der Waals surface area contributed by atoms with Crippen molar-refractivity contribution in [1.29, 1.82) is 0 Å². The van der Waals surface area contributed by atoms with Crippen molar-refractivity contribution in [1.82, 2.24) is 15.3 Å². The third-order valence-corrected chi connectivity index (χ3v) is 5.56. The molecule has 0 bridgehead atoms. The highest BCUT2D eigenvalue weighted by atomic mass is 16.6. The Kier molecular flexibility index (Phi) is 7.72. The number of nitro benzene ring substituents is 1. The van der Waals surface area contributed by atoms with E-state index in [1.165, 1.54) is 17.7 Å². The Morgan fingerprint density at radius 2 is 1.68 bits per heavy atom. The second-order valence-corrected chi connectivity index (χ2v) is 7.76. The fourth-order valence-electron chi connectivity index (χ4n) is 3.67. The van der Waals surface area contributed by atoms with E-state index in [1.807, 2.05) is 30.1 Å². The normalized spacial score (nSPS) is 15.3. The van der Waals surface area contributed by atoms with Crippen LogP contribution in [0.3, 0.4) is 0 Å². The van der Waals surface area contributed by atoms with Crippen molar-refractivity contribution in [2.24, 2.45) is 0 Å². The summed E-state index contributed by atoms with van der Waals surface area (Å²) in [5.74, 6) is -0.391. The summed E-state index contributed by atoms with van der Waals surface area (Å²) in [6.07, 6.45) is 2.13. The van der Waals surface area contributed by atoms with Gasteiger partial charge in [-0.1, -0.05) is 42.5 Å². The first kappa shape index (κ1) is 22.4. The van der Waals surface area contributed by atoms with E-state index in [2.05, 4.69) is 17.6 Å². The maximum atomic E-state index is 12.8. The Labute approximate surface area is 182 Å². The first-order chi connectivity index (χ1) is 14.9. The predicted octanol–water partition coefficient (Wildman–Crippen LogP) is 2.90. The first-order valence-electron chi connectivity index (χ1n) is 10.6. The lowest BCUT2D eigenvalue weighted by molar-refractivity contribution is -0.384. The van der Waals surface area contributed by atoms with Gasteiger partial charge in [0.15, 0.2) is 0 Å². The van der Waals surface area contributed by atoms with E-state index >= 15 is 0 Å². The number of piperazine rings is 1. The summed E-state index contributed by atoms with van der Waals surface area (Å²) in [4.78, 5) is 37.1. The van der Waals surface area contributed by atoms with Gasteiger partial charge in [0.2, 0.25) is 11.8 Å². The molecule has 0 aliphatic carbocycles. The van der Waals surface area contributed by atoms with Gasteiger partial charge in [-0.2, -0.15) is 0 Å². The Balaban J connectivity index is 1.40. The fraction of sp³-hybridized carbons (Fsp3) is 0.391. The molecular formula is C23H28N4O4. The van der Waals surface area contributed by atoms with E-state index in [1.54, 1.807) is 17.0 Å². The topological polar surface area (TPSA) is 95.8 Å². The Morgan fingerprint density at radius 1 is 1.03 bits per heavy atom. The second-order valence-electron chi connectivity index (χ2n) is 7.76. The molecule has 8 heteroatoms. The van der Waals surface area contributed by atoms with Gasteiger partial charge in [0.25, 0.3) is 5.69 Å². The Bertz CT molecular complexity index is 894. The molecule has 2 amide bonds. The molecule has 0 saturated carbocycles. The molecule has 1 saturated heterocycles. The quantitative estimate of drug-likeness (QED) is 0.519. The van der Waals surface area contributed by atoms with Gasteiger partial charge in [0, 0.05) is 44.7 Å². The van der Waals surface area contributed by atoms with Gasteiger partial charge in [-0.3, -0.25) is 25.1 Å². The summed E-state index contributed by atoms with van der Waals surface area (Å²) < 4.78 is 0. The van der Waals surface area contributed by atoms with Crippen molar-refractivity contribution in [3.05, 3.63) is 75.8 Å². The largest absolute Gasteiger partial charge is 0.339 e. The van der Waals surface area contributed by atoms with E-state index in [0.29, 0.717) is 32.6 Å². The lowest BCUT2D eigenvalue weighted by Gasteiger charge is -2.36. The highest BCUT2D eigenvalue weighted by Gasteiger charge is 2.26. The number of aryl methyl sites for hydroxylation is 1. The van der Waals surface area contributed by atoms with Gasteiger partial charge in [0.1, 0.15) is 0 Å². The molecule has 0 aromatic heterocycles. The number of non-ortho nitro benzene ring substituents is 1. The van der Waals surface area contributed by atoms with Gasteiger partial charge in [-0.25, -0.2) is 5.01 Å². The highest BCUT2D eigenvalue weighted by Crippen LogP contribution is 2.21. The highest BCUT2D eigenvalue weighted by molar-refractivity contribution is 5.83. The van der Waals surface area contributed by atoms with E-state index in [-0.39, 0.29) is 23.4 Å². The van der Waals surface area contributed by atoms with Crippen LogP contribution in [0.5, 0.6) is 0 Å². The smallest absolute Gasteiger partial charge is 0.269 e. The van der Waals surface area contributed by atoms with Crippen molar-refractivity contribution in [3.8, 4) is 0 Å². The molecule has 0 radical (unpaired) electrons. The minimum atomic E-state index is -0.453. The summed E-state index contributed by atoms with van der Waals surface area (Å²) in [7, 11) is 0. The van der Waals surface area contributed by atoms with Crippen LogP contribution in [-0.4, -0.2) is 52.8 Å². The van der Waals surface area contributed by atoms with Crippen molar-refractivity contribution in [2.75, 3.05) is 26.2 Å². The van der Waals surface area contributed by atoms with Gasteiger partial charge < -0.3 is 4.90 Å². The van der Waals surface area contributed by atoms with Crippen LogP contribution in [0.15, 0.2) is 54.6 Å². The van der Waals surface area contributed by atoms with Crippen LogP contribution < -0.4 is 5.43 Å². The van der Waals surface area contributed by atoms with Crippen LogP contribution in [0.4, 0.5) is 5.69 Å². The standard InChI is InChI=1S/C23H28N4O4/c1-18(20-10-12-21(13-11-20)27(30)31)23(29)25-14-16-26(17-15-25)24-22(28)9-5-8-19-6-3-2-4-7-19/h2-4,6-7,10-13,18H,5,8-9,14-17H2,1H3,(H,24,28). The summed E-state index contributed by atoms with van der Waals surface area (Å²) in [5.41, 5.74) is 4.93. The third-order valence-electron chi connectivity index (χ3n) is 5.56. The zero-order valence-electron chi connectivity index (χ0n) is 17.7. The van der Waals surface area contributed by atoms with Gasteiger partial charge in [-0.05, 0) is 30.9 Å². The number of nitrogens with one attached hydrogen (secondary N) is 1. The van der Waals surface area contributed by atoms with Crippen LogP contribution in [-0.2, 0) is 16.0 Å². The monoisotopic (exact) mass is 424 g/mol. The maximum Gasteiger partial charge on any atom is 0.269 e. The molecule has 2 aromatic carbocycles. The number of benzene rings is 2. The Morgan fingerprint density at radius 3 is 2.29 bits per heavy atom. The lowest BCUT2D eigenvalue weighted by atomic mass is 9.99. The molecule has 8 nitrogen and oxygen atoms in total. The number of nitro groups is 1. The van der Waals surface area contributed by atoms with Crippen LogP contribution in [0, 0.1) is 10.1 Å². The predicted molar refractivity (Wildman–Crippen MR) is 117 cm³/mol. The molecule has 1 heterocycles. The molecule has 0 spiro atoms. The van der Waals surface area contributed by atoms with E-state index in [4.69, 9.17) is 0 Å². The zero-order chi connectivity index (χ0) is 22.2. The average Bonchev–Trinajstić information content (AvgIpc) is 2.79. The minimum Gasteiger partial charge on any atom is -0.339 e. The molecule has 1 fully saturated rings. The van der Waals surface area contributed by atoms with Crippen LogP contribution >= 0.6 is 0 Å². The molecule has 1 unspecified atom stereocenters. The molecule has 1 atom stereocenters. The van der Waals surface area contributed by atoms with Crippen LogP contribution in [0.25, 0.3) is 0 Å². The number of hydrogen-bond acceptors (Lipinski definition) is 5. The molecular weight excluding hydrogens is 396 g/mol. The van der Waals surface area contributed by atoms with Crippen molar-refractivity contribution in [2.45, 2.75) is 32.1 Å². The van der Waals surface area contributed by atoms with E-state index in [9.17, 15) is 19.7 Å². The summed E-state index contributed by atoms with van der Waals surface area (Å²) in [6, 6.07) is 16.2. The van der Waals surface area contributed by atoms with E-state index < -0.39 is 4.92 Å². The van der Waals surface area contributed by atoms with Gasteiger partial charge in [-0.15, -0.1) is 0 Å². The molecule has 1 aliphatic rings. The number of carbonyl (C=O) groups is 2. The molecule has 164 valence electrons. The number of carbonyl (C=O) groups excluding carboxylic acids is 2. The molecule has 3 rings (SSSR count). The SMILES string of the molecule is CC(C(=O)N1CCN(NC(=O)CCCc2ccccc2)CC1)c1ccc([N+](=O)[O-])cc1. The van der Waals surface area contributed by atoms with E-state index in [0.717, 1.165) is 18.4 Å². The maximum absolute atomic E-state index is 12.8. The number of hydrazine groups is 1. The van der Waals surface area contributed by atoms with Crippen LogP contribution in [0.2, 0.25) is 0 Å². The van der Waals surface area contributed by atoms with Gasteiger partial charge in [0.05, 0.1) is 10.8 Å². The molecule has 31 heavy (non-hydrogen) atoms. The second kappa shape index (κ2) is 10.7. The van der Waals surface area contributed by atoms with Crippen LogP contribution in [0.1, 0.15) is 36.8 Å². The fourth-order valence-corrected chi connectivity index (χ4v) is 3.67. The van der Waals surface area contributed by atoms with Gasteiger partial charge >= 0.3 is 0 Å². The molecule has 1 N–H and O–H groups in total. The third kappa shape index (κ3) is 6.36. The minimum absolute atomic E-state index is 0.00467. The Hall–Kier alpha value is -3.26. The summed E-state index contributed by atoms with van der Waals surface area (Å²) >= 11 is 0. The van der Waals surface area contributed by atoms with Crippen molar-refractivity contribution < 1.29 is 14.5 Å².